The fourth-order valence-electron chi connectivity index (χ4n) is 2.26. The third-order valence-corrected chi connectivity index (χ3v) is 5.22. The SMILES string of the molecule is O=C(CSc1ncnc2sccc12)NCc1nnc2ccccn12. The normalized spacial score (nSPS) is 11.2. The minimum Gasteiger partial charge on any atom is -0.348 e. The zero-order valence-electron chi connectivity index (χ0n) is 12.4. The summed E-state index contributed by atoms with van der Waals surface area (Å²) in [5.41, 5.74) is 0.761. The van der Waals surface area contributed by atoms with Gasteiger partial charge in [-0.2, -0.15) is 0 Å². The summed E-state index contributed by atoms with van der Waals surface area (Å²) in [5, 5.41) is 14.8. The highest BCUT2D eigenvalue weighted by Gasteiger charge is 2.10. The van der Waals surface area contributed by atoms with Crippen molar-refractivity contribution in [3.63, 3.8) is 0 Å². The molecule has 120 valence electrons. The number of hydrogen-bond donors (Lipinski definition) is 1. The van der Waals surface area contributed by atoms with Gasteiger partial charge in [-0.1, -0.05) is 17.8 Å². The van der Waals surface area contributed by atoms with Crippen LogP contribution in [-0.4, -0.2) is 36.2 Å². The number of nitrogens with one attached hydrogen (secondary N) is 1. The first-order valence-electron chi connectivity index (χ1n) is 7.17. The molecule has 4 aromatic heterocycles. The fraction of sp³-hybridized carbons (Fsp3) is 0.133. The van der Waals surface area contributed by atoms with E-state index >= 15 is 0 Å². The Morgan fingerprint density at radius 2 is 2.21 bits per heavy atom. The molecule has 0 bridgehead atoms. The number of carbonyl (C=O) groups excluding carboxylic acids is 1. The predicted octanol–water partition coefficient (Wildman–Crippen LogP) is 2.14. The summed E-state index contributed by atoms with van der Waals surface area (Å²) in [6, 6.07) is 7.65. The summed E-state index contributed by atoms with van der Waals surface area (Å²) >= 11 is 2.97. The second-order valence-corrected chi connectivity index (χ2v) is 6.79. The highest BCUT2D eigenvalue weighted by molar-refractivity contribution is 8.00. The number of carbonyl (C=O) groups is 1. The number of amides is 1. The Hall–Kier alpha value is -2.52. The molecule has 0 spiro atoms. The van der Waals surface area contributed by atoms with E-state index in [4.69, 9.17) is 0 Å². The highest BCUT2D eigenvalue weighted by Crippen LogP contribution is 2.27. The molecule has 0 aromatic carbocycles. The van der Waals surface area contributed by atoms with Gasteiger partial charge < -0.3 is 5.32 Å². The number of fused-ring (bicyclic) bond motifs is 2. The number of thioether (sulfide) groups is 1. The molecule has 0 aliphatic heterocycles. The number of aromatic nitrogens is 5. The molecule has 0 radical (unpaired) electrons. The van der Waals surface area contributed by atoms with E-state index in [2.05, 4.69) is 25.5 Å². The second-order valence-electron chi connectivity index (χ2n) is 4.93. The predicted molar refractivity (Wildman–Crippen MR) is 93.0 cm³/mol. The fourth-order valence-corrected chi connectivity index (χ4v) is 3.87. The molecule has 0 unspecified atom stereocenters. The van der Waals surface area contributed by atoms with Crippen LogP contribution in [0.25, 0.3) is 15.9 Å². The van der Waals surface area contributed by atoms with Crippen molar-refractivity contribution in [2.45, 2.75) is 11.6 Å². The van der Waals surface area contributed by atoms with E-state index < -0.39 is 0 Å². The molecule has 4 heterocycles. The van der Waals surface area contributed by atoms with E-state index in [9.17, 15) is 4.79 Å². The molecule has 4 rings (SSSR count). The quantitative estimate of drug-likeness (QED) is 0.436. The van der Waals surface area contributed by atoms with Gasteiger partial charge in [0.05, 0.1) is 12.3 Å². The van der Waals surface area contributed by atoms with Crippen LogP contribution < -0.4 is 5.32 Å². The van der Waals surface area contributed by atoms with Gasteiger partial charge in [-0.15, -0.1) is 21.5 Å². The Bertz CT molecular complexity index is 1010. The zero-order chi connectivity index (χ0) is 16.4. The van der Waals surface area contributed by atoms with E-state index in [0.717, 1.165) is 20.9 Å². The van der Waals surface area contributed by atoms with Crippen molar-refractivity contribution in [1.29, 1.82) is 0 Å². The van der Waals surface area contributed by atoms with Gasteiger partial charge in [0.15, 0.2) is 11.5 Å². The van der Waals surface area contributed by atoms with Gasteiger partial charge in [0, 0.05) is 11.6 Å². The molecule has 4 aromatic rings. The monoisotopic (exact) mass is 356 g/mol. The molecule has 0 aliphatic rings. The molecule has 0 aliphatic carbocycles. The van der Waals surface area contributed by atoms with Gasteiger partial charge in [0.2, 0.25) is 5.91 Å². The summed E-state index contributed by atoms with van der Waals surface area (Å²) < 4.78 is 1.85. The number of nitrogens with zero attached hydrogens (tertiary/aromatic N) is 5. The minimum atomic E-state index is -0.0744. The van der Waals surface area contributed by atoms with Crippen molar-refractivity contribution in [2.24, 2.45) is 0 Å². The molecule has 0 saturated carbocycles. The zero-order valence-corrected chi connectivity index (χ0v) is 14.0. The van der Waals surface area contributed by atoms with Crippen molar-refractivity contribution in [2.75, 3.05) is 5.75 Å². The summed E-state index contributed by atoms with van der Waals surface area (Å²) in [6.07, 6.45) is 3.40. The van der Waals surface area contributed by atoms with Crippen molar-refractivity contribution in [3.8, 4) is 0 Å². The number of hydrogen-bond acceptors (Lipinski definition) is 7. The number of thiophene rings is 1. The maximum absolute atomic E-state index is 12.1. The lowest BCUT2D eigenvalue weighted by atomic mass is 10.4. The molecular weight excluding hydrogens is 344 g/mol. The number of rotatable bonds is 5. The Balaban J connectivity index is 1.38. The Morgan fingerprint density at radius 3 is 3.17 bits per heavy atom. The van der Waals surface area contributed by atoms with Crippen LogP contribution >= 0.6 is 23.1 Å². The standard InChI is InChI=1S/C15H12N6OS2/c22-13(8-24-15-10-4-6-23-14(10)17-9-18-15)16-7-12-20-19-11-3-1-2-5-21(11)12/h1-6,9H,7-8H2,(H,16,22). The van der Waals surface area contributed by atoms with Crippen LogP contribution in [0.3, 0.4) is 0 Å². The van der Waals surface area contributed by atoms with Gasteiger partial charge in [0.25, 0.3) is 0 Å². The van der Waals surface area contributed by atoms with Crippen LogP contribution in [0.2, 0.25) is 0 Å². The summed E-state index contributed by atoms with van der Waals surface area (Å²) in [5.74, 6) is 0.916. The topological polar surface area (TPSA) is 85.1 Å². The molecule has 24 heavy (non-hydrogen) atoms. The lowest BCUT2D eigenvalue weighted by molar-refractivity contribution is -0.118. The summed E-state index contributed by atoms with van der Waals surface area (Å²) in [4.78, 5) is 21.5. The lowest BCUT2D eigenvalue weighted by Crippen LogP contribution is -2.25. The molecule has 0 atom stereocenters. The van der Waals surface area contributed by atoms with Gasteiger partial charge >= 0.3 is 0 Å². The molecule has 7 nitrogen and oxygen atoms in total. The molecule has 9 heteroatoms. The van der Waals surface area contributed by atoms with E-state index in [1.165, 1.54) is 18.1 Å². The van der Waals surface area contributed by atoms with Crippen molar-refractivity contribution in [1.82, 2.24) is 29.9 Å². The van der Waals surface area contributed by atoms with Gasteiger partial charge in [-0.3, -0.25) is 9.20 Å². The average Bonchev–Trinajstić information content (AvgIpc) is 3.25. The first kappa shape index (κ1) is 15.0. The van der Waals surface area contributed by atoms with E-state index in [0.29, 0.717) is 18.1 Å². The average molecular weight is 356 g/mol. The van der Waals surface area contributed by atoms with Crippen LogP contribution in [0.15, 0.2) is 47.2 Å². The lowest BCUT2D eigenvalue weighted by Gasteiger charge is -2.04. The van der Waals surface area contributed by atoms with Crippen LogP contribution in [-0.2, 0) is 11.3 Å². The Kier molecular flexibility index (Phi) is 4.09. The van der Waals surface area contributed by atoms with E-state index in [-0.39, 0.29) is 5.91 Å². The van der Waals surface area contributed by atoms with Crippen LogP contribution in [0.1, 0.15) is 5.82 Å². The molecule has 0 fully saturated rings. The van der Waals surface area contributed by atoms with Gasteiger partial charge in [0.1, 0.15) is 16.2 Å². The maximum atomic E-state index is 12.1. The van der Waals surface area contributed by atoms with Crippen molar-refractivity contribution >= 4 is 44.9 Å². The van der Waals surface area contributed by atoms with Crippen LogP contribution in [0.4, 0.5) is 0 Å². The molecular formula is C15H12N6OS2. The molecule has 1 amide bonds. The maximum Gasteiger partial charge on any atom is 0.230 e. The molecule has 1 N–H and O–H groups in total. The van der Waals surface area contributed by atoms with Gasteiger partial charge in [-0.25, -0.2) is 9.97 Å². The third kappa shape index (κ3) is 2.95. The Labute approximate surface area is 145 Å². The highest BCUT2D eigenvalue weighted by atomic mass is 32.2. The summed E-state index contributed by atoms with van der Waals surface area (Å²) in [7, 11) is 0. The minimum absolute atomic E-state index is 0.0744. The van der Waals surface area contributed by atoms with Crippen LogP contribution in [0, 0.1) is 0 Å². The van der Waals surface area contributed by atoms with E-state index in [1.54, 1.807) is 11.3 Å². The van der Waals surface area contributed by atoms with E-state index in [1.807, 2.05) is 40.2 Å². The first-order chi connectivity index (χ1) is 11.8. The van der Waals surface area contributed by atoms with Gasteiger partial charge in [-0.05, 0) is 23.6 Å². The van der Waals surface area contributed by atoms with Crippen molar-refractivity contribution in [3.05, 3.63) is 48.0 Å². The van der Waals surface area contributed by atoms with Crippen molar-refractivity contribution < 1.29 is 4.79 Å². The Morgan fingerprint density at radius 1 is 1.25 bits per heavy atom. The smallest absolute Gasteiger partial charge is 0.230 e. The third-order valence-electron chi connectivity index (χ3n) is 3.39. The summed E-state index contributed by atoms with van der Waals surface area (Å²) in [6.45, 7) is 0.336. The van der Waals surface area contributed by atoms with Crippen LogP contribution in [0.5, 0.6) is 0 Å². The second kappa shape index (κ2) is 6.54. The molecule has 0 saturated heterocycles. The first-order valence-corrected chi connectivity index (χ1v) is 9.04. The number of pyridine rings is 1. The largest absolute Gasteiger partial charge is 0.348 e.